The molecule has 2 rings (SSSR count). The maximum Gasteiger partial charge on any atom is 0.331 e. The van der Waals surface area contributed by atoms with Crippen LogP contribution < -0.4 is 11.3 Å². The van der Waals surface area contributed by atoms with E-state index in [0.717, 1.165) is 0 Å². The van der Waals surface area contributed by atoms with Gasteiger partial charge in [-0.1, -0.05) is 18.2 Å². The number of anilines is 1. The number of hydrogen-bond acceptors (Lipinski definition) is 4. The number of nitrogen functional groups attached to an aromatic ring is 1. The summed E-state index contributed by atoms with van der Waals surface area (Å²) in [5.41, 5.74) is 2.14. The van der Waals surface area contributed by atoms with Crippen molar-refractivity contribution >= 4 is 17.6 Å². The van der Waals surface area contributed by atoms with Gasteiger partial charge in [0, 0.05) is 11.3 Å². The first-order valence-electron chi connectivity index (χ1n) is 6.36. The second-order valence-corrected chi connectivity index (χ2v) is 4.91. The number of nitrogens with one attached hydrogen (secondary N) is 1. The molecule has 7 heteroatoms. The molecule has 0 aromatic heterocycles. The van der Waals surface area contributed by atoms with Crippen molar-refractivity contribution in [3.63, 3.8) is 0 Å². The molecule has 1 unspecified atom stereocenters. The maximum atomic E-state index is 12.2. The van der Waals surface area contributed by atoms with Gasteiger partial charge >= 0.3 is 11.9 Å². The van der Waals surface area contributed by atoms with Gasteiger partial charge in [-0.2, -0.15) is 0 Å². The number of carbonyl (C=O) groups is 2. The number of hydrazine groups is 1. The lowest BCUT2D eigenvalue weighted by Crippen LogP contribution is -2.28. The van der Waals surface area contributed by atoms with Crippen molar-refractivity contribution < 1.29 is 24.2 Å². The zero-order valence-corrected chi connectivity index (χ0v) is 11.9. The van der Waals surface area contributed by atoms with Crippen molar-refractivity contribution in [3.8, 4) is 0 Å². The molecule has 0 amide bonds. The number of aliphatic carboxylic acids is 2. The van der Waals surface area contributed by atoms with Gasteiger partial charge in [-0.3, -0.25) is 10.6 Å². The summed E-state index contributed by atoms with van der Waals surface area (Å²) in [6, 6.07) is 5.81. The standard InChI is InChI=1S/C9H10O4.C6H7FN2/c1-9(8(12)13)4-2-3-6(5-9)7(10)11;7-5-1-3-6(9-8)4-2-5/h2-4H,5H2,1H3,(H,10,11)(H,12,13);1-4,9H,8H2. The molecule has 1 atom stereocenters. The number of allylic oxidation sites excluding steroid dienone is 2. The summed E-state index contributed by atoms with van der Waals surface area (Å²) in [5, 5.41) is 17.5. The predicted molar refractivity (Wildman–Crippen MR) is 79.4 cm³/mol. The van der Waals surface area contributed by atoms with E-state index in [9.17, 15) is 14.0 Å². The first-order valence-corrected chi connectivity index (χ1v) is 6.36. The lowest BCUT2D eigenvalue weighted by molar-refractivity contribution is -0.145. The summed E-state index contributed by atoms with van der Waals surface area (Å²) in [6.45, 7) is 1.50. The van der Waals surface area contributed by atoms with Crippen LogP contribution in [0.5, 0.6) is 0 Å². The maximum absolute atomic E-state index is 12.2. The summed E-state index contributed by atoms with van der Waals surface area (Å²) >= 11 is 0. The van der Waals surface area contributed by atoms with Gasteiger partial charge in [-0.25, -0.2) is 9.18 Å². The number of halogens is 1. The van der Waals surface area contributed by atoms with E-state index in [1.165, 1.54) is 37.3 Å². The number of nitrogens with two attached hydrogens (primary N) is 1. The SMILES string of the molecule is CC1(C(=O)O)C=CC=C(C(=O)O)C1.NNc1ccc(F)cc1. The molecule has 5 N–H and O–H groups in total. The Balaban J connectivity index is 0.000000235. The Morgan fingerprint density at radius 2 is 1.86 bits per heavy atom. The zero-order valence-electron chi connectivity index (χ0n) is 11.9. The average Bonchev–Trinajstić information content (AvgIpc) is 2.48. The molecule has 1 aliphatic rings. The second-order valence-electron chi connectivity index (χ2n) is 4.91. The van der Waals surface area contributed by atoms with Crippen LogP contribution in [0.25, 0.3) is 0 Å². The van der Waals surface area contributed by atoms with Crippen molar-refractivity contribution in [2.75, 3.05) is 5.43 Å². The van der Waals surface area contributed by atoms with Crippen molar-refractivity contribution in [2.45, 2.75) is 13.3 Å². The molecular formula is C15H17FN2O4. The van der Waals surface area contributed by atoms with Crippen LogP contribution in [0.15, 0.2) is 48.1 Å². The molecule has 1 aromatic rings. The summed E-state index contributed by atoms with van der Waals surface area (Å²) in [5.74, 6) is 2.71. The normalized spacial score (nSPS) is 19.5. The van der Waals surface area contributed by atoms with E-state index in [2.05, 4.69) is 5.43 Å². The van der Waals surface area contributed by atoms with E-state index in [1.807, 2.05) is 0 Å². The highest BCUT2D eigenvalue weighted by Crippen LogP contribution is 2.31. The Hall–Kier alpha value is -2.67. The second kappa shape index (κ2) is 7.37. The van der Waals surface area contributed by atoms with Crippen LogP contribution in [0.4, 0.5) is 10.1 Å². The Labute approximate surface area is 126 Å². The molecule has 0 heterocycles. The molecule has 0 aliphatic heterocycles. The van der Waals surface area contributed by atoms with Crippen LogP contribution in [0.3, 0.4) is 0 Å². The smallest absolute Gasteiger partial charge is 0.331 e. The van der Waals surface area contributed by atoms with Crippen LogP contribution in [0.1, 0.15) is 13.3 Å². The van der Waals surface area contributed by atoms with Crippen LogP contribution in [0, 0.1) is 11.2 Å². The highest BCUT2D eigenvalue weighted by atomic mass is 19.1. The molecule has 0 spiro atoms. The summed E-state index contributed by atoms with van der Waals surface area (Å²) in [7, 11) is 0. The van der Waals surface area contributed by atoms with E-state index in [-0.39, 0.29) is 17.8 Å². The fraction of sp³-hybridized carbons (Fsp3) is 0.200. The van der Waals surface area contributed by atoms with Gasteiger partial charge in [0.2, 0.25) is 0 Å². The van der Waals surface area contributed by atoms with Gasteiger partial charge in [-0.15, -0.1) is 0 Å². The van der Waals surface area contributed by atoms with E-state index >= 15 is 0 Å². The number of rotatable bonds is 3. The van der Waals surface area contributed by atoms with Gasteiger partial charge in [-0.05, 0) is 37.6 Å². The van der Waals surface area contributed by atoms with E-state index < -0.39 is 17.4 Å². The minimum Gasteiger partial charge on any atom is -0.481 e. The van der Waals surface area contributed by atoms with Crippen molar-refractivity contribution in [3.05, 3.63) is 53.9 Å². The van der Waals surface area contributed by atoms with Crippen molar-refractivity contribution in [2.24, 2.45) is 11.3 Å². The third-order valence-corrected chi connectivity index (χ3v) is 3.09. The molecule has 22 heavy (non-hydrogen) atoms. The minimum atomic E-state index is -1.08. The monoisotopic (exact) mass is 308 g/mol. The molecule has 0 saturated heterocycles. The molecule has 0 radical (unpaired) electrons. The predicted octanol–water partition coefficient (Wildman–Crippen LogP) is 2.16. The first-order chi connectivity index (χ1) is 10.3. The lowest BCUT2D eigenvalue weighted by Gasteiger charge is -2.23. The van der Waals surface area contributed by atoms with E-state index in [0.29, 0.717) is 5.69 Å². The van der Waals surface area contributed by atoms with Gasteiger partial charge in [0.05, 0.1) is 5.41 Å². The van der Waals surface area contributed by atoms with Gasteiger partial charge < -0.3 is 15.6 Å². The number of carboxylic acid groups (broad SMARTS) is 2. The average molecular weight is 308 g/mol. The summed E-state index contributed by atoms with van der Waals surface area (Å²) in [4.78, 5) is 21.3. The first kappa shape index (κ1) is 17.4. The van der Waals surface area contributed by atoms with Crippen molar-refractivity contribution in [1.29, 1.82) is 0 Å². The van der Waals surface area contributed by atoms with Gasteiger partial charge in [0.1, 0.15) is 5.82 Å². The van der Waals surface area contributed by atoms with E-state index in [1.54, 1.807) is 12.1 Å². The van der Waals surface area contributed by atoms with Crippen LogP contribution in [0.2, 0.25) is 0 Å². The largest absolute Gasteiger partial charge is 0.481 e. The van der Waals surface area contributed by atoms with Crippen molar-refractivity contribution in [1.82, 2.24) is 0 Å². The topological polar surface area (TPSA) is 113 Å². The zero-order chi connectivity index (χ0) is 16.8. The molecule has 1 aromatic carbocycles. The molecule has 1 aliphatic carbocycles. The van der Waals surface area contributed by atoms with Crippen LogP contribution >= 0.6 is 0 Å². The minimum absolute atomic E-state index is 0.0359. The lowest BCUT2D eigenvalue weighted by atomic mass is 9.80. The fourth-order valence-electron chi connectivity index (χ4n) is 1.73. The molecule has 0 bridgehead atoms. The highest BCUT2D eigenvalue weighted by molar-refractivity contribution is 5.90. The third kappa shape index (κ3) is 4.71. The van der Waals surface area contributed by atoms with Gasteiger partial charge in [0.25, 0.3) is 0 Å². The Morgan fingerprint density at radius 3 is 2.32 bits per heavy atom. The van der Waals surface area contributed by atoms with Crippen LogP contribution in [-0.4, -0.2) is 22.2 Å². The number of hydrogen-bond donors (Lipinski definition) is 4. The molecule has 0 saturated carbocycles. The number of benzene rings is 1. The molecular weight excluding hydrogens is 291 g/mol. The third-order valence-electron chi connectivity index (χ3n) is 3.09. The Kier molecular flexibility index (Phi) is 5.82. The Bertz CT molecular complexity index is 610. The summed E-state index contributed by atoms with van der Waals surface area (Å²) in [6.07, 6.45) is 4.43. The number of carboxylic acids is 2. The fourth-order valence-corrected chi connectivity index (χ4v) is 1.73. The molecule has 118 valence electrons. The summed E-state index contributed by atoms with van der Waals surface area (Å²) < 4.78 is 12.2. The molecule has 0 fully saturated rings. The Morgan fingerprint density at radius 1 is 1.27 bits per heavy atom. The van der Waals surface area contributed by atoms with E-state index in [4.69, 9.17) is 16.1 Å². The highest BCUT2D eigenvalue weighted by Gasteiger charge is 2.34. The van der Waals surface area contributed by atoms with Crippen LogP contribution in [-0.2, 0) is 9.59 Å². The van der Waals surface area contributed by atoms with Gasteiger partial charge in [0.15, 0.2) is 0 Å². The molecule has 6 nitrogen and oxygen atoms in total. The quantitative estimate of drug-likeness (QED) is 0.503.